The molecule has 3 nitrogen and oxygen atoms in total. The molecule has 0 unspecified atom stereocenters. The third kappa shape index (κ3) is 1.80. The number of phenolic OH excluding ortho intramolecular Hbond substituents is 1. The summed E-state index contributed by atoms with van der Waals surface area (Å²) in [6.45, 7) is 0. The molecule has 0 amide bonds. The Labute approximate surface area is 82.8 Å². The normalized spacial score (nSPS) is 8.40. The van der Waals surface area contributed by atoms with Crippen molar-refractivity contribution in [2.24, 2.45) is 0 Å². The van der Waals surface area contributed by atoms with Gasteiger partial charge in [0.25, 0.3) is 0 Å². The molecule has 50 valence electrons. The Hall–Kier alpha value is -0.380. The molecule has 1 rings (SSSR count). The predicted octanol–water partition coefficient (Wildman–Crippen LogP) is -2.33. The molecule has 1 aromatic carbocycles. The zero-order chi connectivity index (χ0) is 6.85. The summed E-state index contributed by atoms with van der Waals surface area (Å²) in [7, 11) is 0. The van der Waals surface area contributed by atoms with Crippen LogP contribution in [0.1, 0.15) is 1.43 Å². The summed E-state index contributed by atoms with van der Waals surface area (Å²) in [5.41, 5.74) is 11.3. The maximum atomic E-state index is 8.90. The summed E-state index contributed by atoms with van der Waals surface area (Å²) in [5.74, 6) is 0.0370. The Bertz CT molecular complexity index is 212. The number of hydrogen-bond acceptors (Lipinski definition) is 3. The van der Waals surface area contributed by atoms with Gasteiger partial charge in [0.1, 0.15) is 5.75 Å². The van der Waals surface area contributed by atoms with Crippen molar-refractivity contribution in [3.63, 3.8) is 0 Å². The van der Waals surface area contributed by atoms with Crippen LogP contribution in [0.5, 0.6) is 5.75 Å². The molecule has 0 saturated heterocycles. The smallest absolute Gasteiger partial charge is 1.00 e. The van der Waals surface area contributed by atoms with Gasteiger partial charge in [0.05, 0.1) is 11.4 Å². The van der Waals surface area contributed by atoms with E-state index < -0.39 is 0 Å². The van der Waals surface area contributed by atoms with E-state index in [2.05, 4.69) is 0 Å². The van der Waals surface area contributed by atoms with Crippen LogP contribution < -0.4 is 41.0 Å². The van der Waals surface area contributed by atoms with E-state index in [0.29, 0.717) is 5.69 Å². The molecule has 0 aliphatic heterocycles. The number of anilines is 2. The number of para-hydroxylation sites is 1. The second-order valence-electron chi connectivity index (χ2n) is 1.78. The number of nitrogens with two attached hydrogens (primary N) is 2. The van der Waals surface area contributed by atoms with Gasteiger partial charge < -0.3 is 18.0 Å². The molecule has 0 heterocycles. The van der Waals surface area contributed by atoms with Crippen LogP contribution in [-0.2, 0) is 0 Å². The Morgan fingerprint density at radius 1 is 1.30 bits per heavy atom. The summed E-state index contributed by atoms with van der Waals surface area (Å²) >= 11 is 0. The molecule has 0 aromatic heterocycles. The van der Waals surface area contributed by atoms with Gasteiger partial charge in [0, 0.05) is 0 Å². The van der Waals surface area contributed by atoms with Crippen molar-refractivity contribution in [2.75, 3.05) is 11.5 Å². The van der Waals surface area contributed by atoms with Crippen LogP contribution in [0.15, 0.2) is 18.2 Å². The summed E-state index contributed by atoms with van der Waals surface area (Å²) in [6.07, 6.45) is 0. The second-order valence-corrected chi connectivity index (χ2v) is 1.78. The maximum absolute atomic E-state index is 8.90. The van der Waals surface area contributed by atoms with Gasteiger partial charge in [0.2, 0.25) is 0 Å². The molecule has 0 bridgehead atoms. The molecule has 5 N–H and O–H groups in total. The Morgan fingerprint density at radius 3 is 2.30 bits per heavy atom. The number of nitrogen functional groups attached to an aromatic ring is 2. The van der Waals surface area contributed by atoms with Crippen LogP contribution in [0.25, 0.3) is 0 Å². The largest absolute Gasteiger partial charge is 1.00 e. The van der Waals surface area contributed by atoms with Crippen LogP contribution in [0.2, 0.25) is 0 Å². The average molecular weight is 148 g/mol. The monoisotopic (exact) mass is 148 g/mol. The first-order valence-electron chi connectivity index (χ1n) is 2.54. The minimum atomic E-state index is 0. The number of benzene rings is 1. The van der Waals surface area contributed by atoms with Gasteiger partial charge in [-0.25, -0.2) is 0 Å². The molecule has 1 aromatic rings. The van der Waals surface area contributed by atoms with Crippen molar-refractivity contribution in [2.45, 2.75) is 0 Å². The molecule has 0 aliphatic carbocycles. The summed E-state index contributed by atoms with van der Waals surface area (Å²) in [5, 5.41) is 8.90. The van der Waals surface area contributed by atoms with Gasteiger partial charge in [-0.05, 0) is 12.1 Å². The van der Waals surface area contributed by atoms with Gasteiger partial charge in [-0.15, -0.1) is 0 Å². The minimum Gasteiger partial charge on any atom is -1.00 e. The van der Waals surface area contributed by atoms with E-state index >= 15 is 0 Å². The van der Waals surface area contributed by atoms with Gasteiger partial charge >= 0.3 is 29.6 Å². The van der Waals surface area contributed by atoms with E-state index in [-0.39, 0.29) is 42.4 Å². The number of aromatic hydroxyl groups is 1. The topological polar surface area (TPSA) is 72.3 Å². The Kier molecular flexibility index (Phi) is 3.57. The van der Waals surface area contributed by atoms with Crippen molar-refractivity contribution in [3.8, 4) is 5.75 Å². The van der Waals surface area contributed by atoms with Crippen molar-refractivity contribution in [3.05, 3.63) is 18.2 Å². The van der Waals surface area contributed by atoms with Crippen molar-refractivity contribution < 1.29 is 36.1 Å². The first-order valence-corrected chi connectivity index (χ1v) is 2.54. The van der Waals surface area contributed by atoms with E-state index in [0.717, 1.165) is 0 Å². The van der Waals surface area contributed by atoms with Crippen molar-refractivity contribution in [1.82, 2.24) is 0 Å². The molecule has 0 saturated carbocycles. The molecule has 0 radical (unpaired) electrons. The molecule has 0 spiro atoms. The standard InChI is InChI=1S/C6H8N2O.Na.H/c7-4-2-1-3-5(9)6(4)8;;/h1-3,9H,7-8H2;;/q;+1;-1. The third-order valence-electron chi connectivity index (χ3n) is 1.12. The van der Waals surface area contributed by atoms with E-state index in [4.69, 9.17) is 16.6 Å². The van der Waals surface area contributed by atoms with Gasteiger partial charge in [0.15, 0.2) is 0 Å². The third-order valence-corrected chi connectivity index (χ3v) is 1.12. The minimum absolute atomic E-state index is 0. The van der Waals surface area contributed by atoms with Crippen LogP contribution in [0.4, 0.5) is 11.4 Å². The van der Waals surface area contributed by atoms with Crippen molar-refractivity contribution in [1.29, 1.82) is 0 Å². The average Bonchev–Trinajstić information content (AvgIpc) is 1.83. The second kappa shape index (κ2) is 3.71. The van der Waals surface area contributed by atoms with Gasteiger partial charge in [-0.3, -0.25) is 0 Å². The van der Waals surface area contributed by atoms with Crippen molar-refractivity contribution >= 4 is 11.4 Å². The van der Waals surface area contributed by atoms with E-state index in [1.807, 2.05) is 0 Å². The zero-order valence-electron chi connectivity index (χ0n) is 6.83. The van der Waals surface area contributed by atoms with Crippen LogP contribution in [0, 0.1) is 0 Å². The van der Waals surface area contributed by atoms with Gasteiger partial charge in [-0.2, -0.15) is 0 Å². The molecule has 0 fully saturated rings. The summed E-state index contributed by atoms with van der Waals surface area (Å²) in [4.78, 5) is 0. The first kappa shape index (κ1) is 9.62. The van der Waals surface area contributed by atoms with Crippen LogP contribution in [-0.4, -0.2) is 5.11 Å². The quantitative estimate of drug-likeness (QED) is 0.219. The number of hydrogen-bond donors (Lipinski definition) is 3. The van der Waals surface area contributed by atoms with E-state index in [9.17, 15) is 0 Å². The molecule has 10 heavy (non-hydrogen) atoms. The van der Waals surface area contributed by atoms with Crippen LogP contribution >= 0.6 is 0 Å². The number of phenols is 1. The fraction of sp³-hybridized carbons (Fsp3) is 0. The SMILES string of the molecule is Nc1cccc(O)c1N.[H-].[Na+]. The van der Waals surface area contributed by atoms with E-state index in [1.165, 1.54) is 6.07 Å². The summed E-state index contributed by atoms with van der Waals surface area (Å²) in [6, 6.07) is 4.77. The fourth-order valence-corrected chi connectivity index (χ4v) is 0.570. The maximum Gasteiger partial charge on any atom is 1.00 e. The number of rotatable bonds is 0. The molecular weight excluding hydrogens is 139 g/mol. The molecule has 0 aliphatic rings. The summed E-state index contributed by atoms with van der Waals surface area (Å²) < 4.78 is 0. The van der Waals surface area contributed by atoms with E-state index in [1.54, 1.807) is 12.1 Å². The fourth-order valence-electron chi connectivity index (χ4n) is 0.570. The Balaban J connectivity index is 0. The van der Waals surface area contributed by atoms with Crippen LogP contribution in [0.3, 0.4) is 0 Å². The zero-order valence-corrected chi connectivity index (χ0v) is 7.83. The predicted molar refractivity (Wildman–Crippen MR) is 38.0 cm³/mol. The molecular formula is C6H9N2NaO. The first-order chi connectivity index (χ1) is 4.22. The molecule has 4 heteroatoms. The molecule has 0 atom stereocenters. The Morgan fingerprint density at radius 2 is 1.90 bits per heavy atom. The van der Waals surface area contributed by atoms with Gasteiger partial charge in [-0.1, -0.05) is 6.07 Å².